The van der Waals surface area contributed by atoms with E-state index in [0.29, 0.717) is 38.1 Å². The molecule has 2 saturated heterocycles. The van der Waals surface area contributed by atoms with Crippen LogP contribution in [0.15, 0.2) is 48.6 Å². The van der Waals surface area contributed by atoms with Crippen molar-refractivity contribution in [1.29, 1.82) is 0 Å². The molecule has 6 aliphatic rings. The molecular formula is C42H54N6O6. The number of esters is 1. The average molecular weight is 739 g/mol. The number of nitrogens with two attached hydrogens (primary N) is 1. The van der Waals surface area contributed by atoms with Crippen molar-refractivity contribution in [3.63, 3.8) is 0 Å². The number of aromatic nitrogens is 1. The molecule has 5 aliphatic heterocycles. The number of carbonyl (C=O) groups excluding carboxylic acids is 2. The molecule has 9 atom stereocenters. The van der Waals surface area contributed by atoms with Gasteiger partial charge in [-0.15, -0.1) is 0 Å². The van der Waals surface area contributed by atoms with Crippen LogP contribution in [0.4, 0.5) is 5.69 Å². The smallest absolute Gasteiger partial charge is 0.322 e. The number of ether oxygens (including phenoxy) is 2. The molecule has 6 heterocycles. The Labute approximate surface area is 316 Å². The number of hydrazine groups is 1. The van der Waals surface area contributed by atoms with E-state index in [1.165, 1.54) is 7.11 Å². The van der Waals surface area contributed by atoms with E-state index in [2.05, 4.69) is 50.6 Å². The van der Waals surface area contributed by atoms with Gasteiger partial charge in [-0.3, -0.25) is 19.9 Å². The normalized spacial score (nSPS) is 36.9. The summed E-state index contributed by atoms with van der Waals surface area (Å²) >= 11 is 0. The Balaban J connectivity index is 1.37. The zero-order valence-electron chi connectivity index (χ0n) is 31.9. The van der Waals surface area contributed by atoms with Gasteiger partial charge < -0.3 is 34.5 Å². The van der Waals surface area contributed by atoms with E-state index in [4.69, 9.17) is 15.3 Å². The molecule has 1 unspecified atom stereocenters. The van der Waals surface area contributed by atoms with Gasteiger partial charge in [0.2, 0.25) is 0 Å². The third-order valence-electron chi connectivity index (χ3n) is 14.8. The molecule has 1 spiro atoms. The first-order valence-electron chi connectivity index (χ1n) is 19.8. The highest BCUT2D eigenvalue weighted by molar-refractivity contribution is 5.95. The summed E-state index contributed by atoms with van der Waals surface area (Å²) in [6.07, 6.45) is 8.26. The lowest BCUT2D eigenvalue weighted by atomic mass is 9.47. The minimum absolute atomic E-state index is 0.205. The Hall–Kier alpha value is -3.94. The number of rotatable bonds is 5. The Bertz CT molecular complexity index is 2050. The molecule has 12 nitrogen and oxygen atoms in total. The summed E-state index contributed by atoms with van der Waals surface area (Å²) < 4.78 is 12.3. The summed E-state index contributed by atoms with van der Waals surface area (Å²) in [5.74, 6) is 5.41. The van der Waals surface area contributed by atoms with Crippen LogP contribution in [0.3, 0.4) is 0 Å². The van der Waals surface area contributed by atoms with Gasteiger partial charge in [-0.05, 0) is 80.8 Å². The summed E-state index contributed by atoms with van der Waals surface area (Å²) in [5.41, 5.74) is 2.28. The van der Waals surface area contributed by atoms with Crippen LogP contribution in [0, 0.1) is 11.3 Å². The molecule has 2 aromatic carbocycles. The number of anilines is 1. The van der Waals surface area contributed by atoms with Crippen molar-refractivity contribution >= 4 is 28.5 Å². The Morgan fingerprint density at radius 1 is 1.09 bits per heavy atom. The predicted molar refractivity (Wildman–Crippen MR) is 205 cm³/mol. The molecule has 12 heteroatoms. The van der Waals surface area contributed by atoms with Crippen LogP contribution in [0.25, 0.3) is 10.9 Å². The van der Waals surface area contributed by atoms with Crippen LogP contribution in [0.5, 0.6) is 5.75 Å². The summed E-state index contributed by atoms with van der Waals surface area (Å²) in [7, 11) is 5.00. The number of benzene rings is 2. The summed E-state index contributed by atoms with van der Waals surface area (Å²) in [6, 6.07) is 11.3. The second kappa shape index (κ2) is 12.5. The number of fused-ring (bicyclic) bond motifs is 6. The molecule has 1 saturated carbocycles. The molecule has 1 aliphatic carbocycles. The standard InChI is InChI=1S/C42H54N6O6/c1-5-39-15-10-18-48-20-16-40(34(39)48)28-21-29(32(53-3)22-31(28)46(2)35(40)42(52,36(39)49)37(50)45-43)41(38(51)54-4)23-25-11-8-9-17-47(24-25)19-14-27-26-12-6-7-13-30(26)44-33(27)41/h6-7,10,12-13,15,21-22,25,34-36,44,49,52H,5,8-9,11,14,16-20,23-24,43H2,1-4H3,(H,45,50)/t25-,34-,35+,36+,39+,40+,41+,42-/m0/s1. The molecule has 3 aromatic rings. The number of aliphatic hydroxyl groups excluding tert-OH is 1. The van der Waals surface area contributed by atoms with Gasteiger partial charge in [-0.25, -0.2) is 5.84 Å². The number of nitrogens with zero attached hydrogens (tertiary/aromatic N) is 3. The van der Waals surface area contributed by atoms with E-state index < -0.39 is 39.9 Å². The zero-order valence-corrected chi connectivity index (χ0v) is 31.9. The number of H-pyrrole nitrogens is 1. The van der Waals surface area contributed by atoms with Gasteiger partial charge in [0.05, 0.1) is 20.3 Å². The lowest BCUT2D eigenvalue weighted by molar-refractivity contribution is -0.203. The maximum Gasteiger partial charge on any atom is 0.322 e. The number of aromatic amines is 1. The van der Waals surface area contributed by atoms with Gasteiger partial charge in [-0.1, -0.05) is 43.7 Å². The second-order valence-corrected chi connectivity index (χ2v) is 16.9. The van der Waals surface area contributed by atoms with Crippen molar-refractivity contribution in [2.45, 2.75) is 86.5 Å². The minimum Gasteiger partial charge on any atom is -0.496 e. The first-order chi connectivity index (χ1) is 26.1. The van der Waals surface area contributed by atoms with E-state index >= 15 is 4.79 Å². The fourth-order valence-electron chi connectivity index (χ4n) is 12.8. The number of aliphatic hydroxyl groups is 2. The maximum atomic E-state index is 15.1. The van der Waals surface area contributed by atoms with Gasteiger partial charge in [-0.2, -0.15) is 0 Å². The van der Waals surface area contributed by atoms with Crippen molar-refractivity contribution in [2.75, 3.05) is 58.9 Å². The summed E-state index contributed by atoms with van der Waals surface area (Å²) in [6.45, 7) is 6.24. The number of methoxy groups -OCH3 is 2. The molecule has 6 N–H and O–H groups in total. The van der Waals surface area contributed by atoms with Crippen molar-refractivity contribution in [3.05, 3.63) is 70.9 Å². The van der Waals surface area contributed by atoms with E-state index in [1.807, 2.05) is 37.1 Å². The third kappa shape index (κ3) is 4.37. The molecule has 0 radical (unpaired) electrons. The second-order valence-electron chi connectivity index (χ2n) is 16.9. The number of para-hydroxylation sites is 1. The van der Waals surface area contributed by atoms with E-state index in [9.17, 15) is 15.0 Å². The fraction of sp³-hybridized carbons (Fsp3) is 0.571. The van der Waals surface area contributed by atoms with Crippen LogP contribution in [0.1, 0.15) is 67.8 Å². The van der Waals surface area contributed by atoms with E-state index in [-0.39, 0.29) is 17.9 Å². The van der Waals surface area contributed by atoms with Gasteiger partial charge in [0.15, 0.2) is 5.60 Å². The van der Waals surface area contributed by atoms with Crippen molar-refractivity contribution in [3.8, 4) is 5.75 Å². The molecule has 288 valence electrons. The van der Waals surface area contributed by atoms with E-state index in [0.717, 1.165) is 84.3 Å². The highest BCUT2D eigenvalue weighted by Crippen LogP contribution is 2.67. The molecule has 3 fully saturated rings. The van der Waals surface area contributed by atoms with Crippen LogP contribution in [0.2, 0.25) is 0 Å². The van der Waals surface area contributed by atoms with Crippen LogP contribution in [-0.2, 0) is 31.6 Å². The number of nitrogens with one attached hydrogen (secondary N) is 2. The highest BCUT2D eigenvalue weighted by atomic mass is 16.5. The first-order valence-corrected chi connectivity index (χ1v) is 19.8. The molecule has 2 bridgehead atoms. The van der Waals surface area contributed by atoms with Crippen LogP contribution in [-0.4, -0.2) is 115 Å². The van der Waals surface area contributed by atoms with Crippen LogP contribution < -0.4 is 20.9 Å². The quantitative estimate of drug-likeness (QED) is 0.0868. The van der Waals surface area contributed by atoms with Crippen LogP contribution >= 0.6 is 0 Å². The lowest BCUT2D eigenvalue weighted by Crippen LogP contribution is -2.82. The molecule has 54 heavy (non-hydrogen) atoms. The van der Waals surface area contributed by atoms with Crippen molar-refractivity contribution < 1.29 is 29.3 Å². The number of amides is 1. The molecule has 1 aromatic heterocycles. The summed E-state index contributed by atoms with van der Waals surface area (Å²) in [4.78, 5) is 39.9. The predicted octanol–water partition coefficient (Wildman–Crippen LogP) is 2.88. The summed E-state index contributed by atoms with van der Waals surface area (Å²) in [5, 5.41) is 26.4. The number of hydrogen-bond acceptors (Lipinski definition) is 10. The first kappa shape index (κ1) is 35.7. The van der Waals surface area contributed by atoms with E-state index in [1.54, 1.807) is 7.11 Å². The van der Waals surface area contributed by atoms with Gasteiger partial charge in [0.25, 0.3) is 5.91 Å². The Morgan fingerprint density at radius 3 is 2.67 bits per heavy atom. The maximum absolute atomic E-state index is 15.1. The largest absolute Gasteiger partial charge is 0.496 e. The molecular weight excluding hydrogens is 684 g/mol. The molecule has 9 rings (SSSR count). The zero-order chi connectivity index (χ0) is 37.8. The molecule has 1 amide bonds. The lowest BCUT2D eigenvalue weighted by Gasteiger charge is -2.63. The minimum atomic E-state index is -2.27. The highest BCUT2D eigenvalue weighted by Gasteiger charge is 2.78. The number of hydrogen-bond donors (Lipinski definition) is 5. The monoisotopic (exact) mass is 738 g/mol. The number of carbonyl (C=O) groups is 2. The average Bonchev–Trinajstić information content (AvgIpc) is 3.79. The topological polar surface area (TPSA) is 157 Å². The van der Waals surface area contributed by atoms with Crippen molar-refractivity contribution in [2.24, 2.45) is 17.2 Å². The van der Waals surface area contributed by atoms with Gasteiger partial charge in [0.1, 0.15) is 17.3 Å². The third-order valence-corrected chi connectivity index (χ3v) is 14.8. The Kier molecular flexibility index (Phi) is 8.30. The van der Waals surface area contributed by atoms with Crippen molar-refractivity contribution in [1.82, 2.24) is 20.2 Å². The fourth-order valence-corrected chi connectivity index (χ4v) is 12.8. The number of likely N-dealkylation sites (N-methyl/N-ethyl adjacent to an activating group) is 1. The Morgan fingerprint density at radius 2 is 1.91 bits per heavy atom. The SMILES string of the molecule is CC[C@]12C=CCN3CC[C@@]4(c5cc([C@]6(C(=O)OC)C[C@@H]7CCCCN(CCc8c6[nH]c6ccccc86)C7)c(OC)cc5N(C)[C@H]4[C@@](O)(C(=O)NN)[C@@H]1O)[C@@H]32. The van der Waals surface area contributed by atoms with Gasteiger partial charge >= 0.3 is 5.97 Å². The van der Waals surface area contributed by atoms with Gasteiger partial charge in [0, 0.05) is 77.5 Å².